The monoisotopic (exact) mass is 219 g/mol. The predicted octanol–water partition coefficient (Wildman–Crippen LogP) is 2.67. The van der Waals surface area contributed by atoms with Gasteiger partial charge in [-0.3, -0.25) is 14.9 Å². The van der Waals surface area contributed by atoms with E-state index in [0.717, 1.165) is 5.56 Å². The van der Waals surface area contributed by atoms with Crippen molar-refractivity contribution in [1.82, 2.24) is 0 Å². The fourth-order valence-electron chi connectivity index (χ4n) is 1.39. The van der Waals surface area contributed by atoms with E-state index in [1.165, 1.54) is 12.1 Å². The highest BCUT2D eigenvalue weighted by molar-refractivity contribution is 5.88. The molecule has 1 aromatic carbocycles. The van der Waals surface area contributed by atoms with Crippen LogP contribution in [0, 0.1) is 10.1 Å². The molecule has 4 heteroatoms. The molecule has 0 radical (unpaired) electrons. The van der Waals surface area contributed by atoms with Crippen LogP contribution in [0.3, 0.4) is 0 Å². The van der Waals surface area contributed by atoms with E-state index in [1.54, 1.807) is 12.1 Å². The number of carbonyl (C=O) groups is 1. The number of hydrogen-bond donors (Lipinski definition) is 0. The maximum Gasteiger partial charge on any atom is 0.269 e. The van der Waals surface area contributed by atoms with Crippen LogP contribution >= 0.6 is 0 Å². The predicted molar refractivity (Wildman–Crippen MR) is 61.2 cm³/mol. The number of non-ortho nitro benzene ring substituents is 1. The second-order valence-electron chi connectivity index (χ2n) is 3.45. The summed E-state index contributed by atoms with van der Waals surface area (Å²) >= 11 is 0. The zero-order chi connectivity index (χ0) is 12.0. The number of rotatable bonds is 6. The molecule has 1 rings (SSSR count). The van der Waals surface area contributed by atoms with Crippen LogP contribution in [-0.4, -0.2) is 10.7 Å². The molecule has 0 saturated carbocycles. The van der Waals surface area contributed by atoms with Crippen LogP contribution in [0.25, 0.3) is 0 Å². The fraction of sp³-hybridized carbons (Fsp3) is 0.250. The maximum absolute atomic E-state index is 11.0. The lowest BCUT2D eigenvalue weighted by atomic mass is 10.1. The Labute approximate surface area is 93.7 Å². The van der Waals surface area contributed by atoms with Gasteiger partial charge in [0.1, 0.15) is 0 Å². The molecule has 0 atom stereocenters. The van der Waals surface area contributed by atoms with Crippen LogP contribution in [0.5, 0.6) is 0 Å². The van der Waals surface area contributed by atoms with Gasteiger partial charge in [-0.25, -0.2) is 0 Å². The van der Waals surface area contributed by atoms with E-state index >= 15 is 0 Å². The molecule has 16 heavy (non-hydrogen) atoms. The SMILES string of the molecule is C=CC(=O)CCCc1cccc([N+](=O)[O-])c1. The Kier molecular flexibility index (Phi) is 4.39. The summed E-state index contributed by atoms with van der Waals surface area (Å²) in [7, 11) is 0. The van der Waals surface area contributed by atoms with Crippen molar-refractivity contribution in [1.29, 1.82) is 0 Å². The third-order valence-corrected chi connectivity index (χ3v) is 2.24. The van der Waals surface area contributed by atoms with Crippen LogP contribution in [0.2, 0.25) is 0 Å². The smallest absolute Gasteiger partial charge is 0.269 e. The largest absolute Gasteiger partial charge is 0.295 e. The van der Waals surface area contributed by atoms with Gasteiger partial charge in [-0.05, 0) is 24.5 Å². The molecule has 0 N–H and O–H groups in total. The van der Waals surface area contributed by atoms with Crippen molar-refractivity contribution in [2.75, 3.05) is 0 Å². The van der Waals surface area contributed by atoms with Crippen molar-refractivity contribution in [3.8, 4) is 0 Å². The normalized spacial score (nSPS) is 9.75. The van der Waals surface area contributed by atoms with E-state index in [4.69, 9.17) is 0 Å². The highest BCUT2D eigenvalue weighted by atomic mass is 16.6. The second kappa shape index (κ2) is 5.80. The van der Waals surface area contributed by atoms with Gasteiger partial charge in [-0.15, -0.1) is 0 Å². The second-order valence-corrected chi connectivity index (χ2v) is 3.45. The minimum atomic E-state index is -0.418. The molecule has 1 aromatic rings. The number of nitro benzene ring substituents is 1. The Morgan fingerprint density at radius 2 is 2.25 bits per heavy atom. The number of aryl methyl sites for hydroxylation is 1. The van der Waals surface area contributed by atoms with Crippen molar-refractivity contribution in [3.63, 3.8) is 0 Å². The number of allylic oxidation sites excluding steroid dienone is 1. The van der Waals surface area contributed by atoms with Crippen molar-refractivity contribution in [2.45, 2.75) is 19.3 Å². The van der Waals surface area contributed by atoms with Crippen molar-refractivity contribution < 1.29 is 9.72 Å². The lowest BCUT2D eigenvalue weighted by Crippen LogP contribution is -1.95. The lowest BCUT2D eigenvalue weighted by Gasteiger charge is -1.99. The topological polar surface area (TPSA) is 60.2 Å². The molecule has 0 aromatic heterocycles. The van der Waals surface area contributed by atoms with Crippen molar-refractivity contribution in [2.24, 2.45) is 0 Å². The average Bonchev–Trinajstić information content (AvgIpc) is 2.29. The van der Waals surface area contributed by atoms with Crippen LogP contribution in [0.4, 0.5) is 5.69 Å². The highest BCUT2D eigenvalue weighted by Crippen LogP contribution is 2.14. The third kappa shape index (κ3) is 3.65. The molecule has 0 aliphatic carbocycles. The molecule has 0 amide bonds. The summed E-state index contributed by atoms with van der Waals surface area (Å²) in [4.78, 5) is 21.1. The maximum atomic E-state index is 11.0. The Morgan fingerprint density at radius 1 is 1.50 bits per heavy atom. The lowest BCUT2D eigenvalue weighted by molar-refractivity contribution is -0.384. The molecule has 0 spiro atoms. The van der Waals surface area contributed by atoms with E-state index in [2.05, 4.69) is 6.58 Å². The number of benzene rings is 1. The molecule has 0 unspecified atom stereocenters. The number of nitro groups is 1. The van der Waals surface area contributed by atoms with Crippen LogP contribution in [-0.2, 0) is 11.2 Å². The first-order valence-corrected chi connectivity index (χ1v) is 5.02. The van der Waals surface area contributed by atoms with Gasteiger partial charge in [0.15, 0.2) is 5.78 Å². The van der Waals surface area contributed by atoms with Crippen molar-refractivity contribution in [3.05, 3.63) is 52.6 Å². The third-order valence-electron chi connectivity index (χ3n) is 2.24. The molecule has 0 aliphatic rings. The number of carbonyl (C=O) groups excluding carboxylic acids is 1. The summed E-state index contributed by atoms with van der Waals surface area (Å²) in [5, 5.41) is 10.5. The van der Waals surface area contributed by atoms with E-state index in [1.807, 2.05) is 6.07 Å². The Hall–Kier alpha value is -1.97. The standard InChI is InChI=1S/C12H13NO3/c1-2-12(14)8-4-6-10-5-3-7-11(9-10)13(15)16/h2-3,5,7,9H,1,4,6,8H2. The molecular formula is C12H13NO3. The van der Waals surface area contributed by atoms with Gasteiger partial charge >= 0.3 is 0 Å². The first-order valence-electron chi connectivity index (χ1n) is 5.02. The summed E-state index contributed by atoms with van der Waals surface area (Å²) in [5.41, 5.74) is 0.971. The Balaban J connectivity index is 2.54. The molecular weight excluding hydrogens is 206 g/mol. The number of ketones is 1. The molecule has 0 bridgehead atoms. The Bertz CT molecular complexity index is 412. The minimum Gasteiger partial charge on any atom is -0.295 e. The summed E-state index contributed by atoms with van der Waals surface area (Å²) < 4.78 is 0. The molecule has 0 saturated heterocycles. The quantitative estimate of drug-likeness (QED) is 0.420. The van der Waals surface area contributed by atoms with Crippen molar-refractivity contribution >= 4 is 11.5 Å². The fourth-order valence-corrected chi connectivity index (χ4v) is 1.39. The zero-order valence-electron chi connectivity index (χ0n) is 8.89. The molecule has 4 nitrogen and oxygen atoms in total. The highest BCUT2D eigenvalue weighted by Gasteiger charge is 2.05. The molecule has 0 aliphatic heterocycles. The molecule has 0 heterocycles. The van der Waals surface area contributed by atoms with Gasteiger partial charge in [0.2, 0.25) is 0 Å². The summed E-state index contributed by atoms with van der Waals surface area (Å²) in [5.74, 6) is 0.00503. The summed E-state index contributed by atoms with van der Waals surface area (Å²) in [6.45, 7) is 3.38. The first kappa shape index (κ1) is 12.1. The van der Waals surface area contributed by atoms with Gasteiger partial charge < -0.3 is 0 Å². The molecule has 0 fully saturated rings. The first-order chi connectivity index (χ1) is 7.63. The van der Waals surface area contributed by atoms with Crippen LogP contribution < -0.4 is 0 Å². The van der Waals surface area contributed by atoms with Gasteiger partial charge in [0, 0.05) is 18.6 Å². The van der Waals surface area contributed by atoms with Crippen LogP contribution in [0.15, 0.2) is 36.9 Å². The van der Waals surface area contributed by atoms with Crippen LogP contribution in [0.1, 0.15) is 18.4 Å². The Morgan fingerprint density at radius 3 is 2.88 bits per heavy atom. The van der Waals surface area contributed by atoms with E-state index in [-0.39, 0.29) is 11.5 Å². The number of hydrogen-bond acceptors (Lipinski definition) is 3. The zero-order valence-corrected chi connectivity index (χ0v) is 8.89. The average molecular weight is 219 g/mol. The van der Waals surface area contributed by atoms with Gasteiger partial charge in [0.05, 0.1) is 4.92 Å². The van der Waals surface area contributed by atoms with Gasteiger partial charge in [-0.2, -0.15) is 0 Å². The van der Waals surface area contributed by atoms with E-state index < -0.39 is 4.92 Å². The summed E-state index contributed by atoms with van der Waals surface area (Å²) in [6.07, 6.45) is 3.09. The molecule has 84 valence electrons. The van der Waals surface area contributed by atoms with Gasteiger partial charge in [0.25, 0.3) is 5.69 Å². The van der Waals surface area contributed by atoms with Gasteiger partial charge in [-0.1, -0.05) is 18.7 Å². The minimum absolute atomic E-state index is 0.00503. The van der Waals surface area contributed by atoms with E-state index in [9.17, 15) is 14.9 Å². The van der Waals surface area contributed by atoms with E-state index in [0.29, 0.717) is 19.3 Å². The number of nitrogens with zero attached hydrogens (tertiary/aromatic N) is 1. The summed E-state index contributed by atoms with van der Waals surface area (Å²) in [6, 6.07) is 6.48.